The van der Waals surface area contributed by atoms with Gasteiger partial charge in [0, 0.05) is 0 Å². The van der Waals surface area contributed by atoms with Gasteiger partial charge in [-0.2, -0.15) is 0 Å². The Labute approximate surface area is 79.0 Å². The summed E-state index contributed by atoms with van der Waals surface area (Å²) in [6.45, 7) is 4.50. The number of nitrogens with zero attached hydrogens (tertiary/aromatic N) is 1. The lowest BCUT2D eigenvalue weighted by molar-refractivity contribution is -0.144. The van der Waals surface area contributed by atoms with Crippen molar-refractivity contribution in [2.45, 2.75) is 26.2 Å². The fourth-order valence-corrected chi connectivity index (χ4v) is 1.86. The number of hydrogen-bond acceptors (Lipinski definition) is 4. The summed E-state index contributed by atoms with van der Waals surface area (Å²) in [5.74, 6) is 0.198. The van der Waals surface area contributed by atoms with Gasteiger partial charge in [0.05, 0.1) is 7.11 Å². The minimum Gasteiger partial charge on any atom is -0.468 e. The van der Waals surface area contributed by atoms with Gasteiger partial charge in [-0.05, 0) is 25.7 Å². The van der Waals surface area contributed by atoms with Crippen LogP contribution < -0.4 is 0 Å². The van der Waals surface area contributed by atoms with Gasteiger partial charge in [-0.25, -0.2) is 0 Å². The number of carbonyl (C=O) groups is 1. The second-order valence-electron chi connectivity index (χ2n) is 3.71. The van der Waals surface area contributed by atoms with Gasteiger partial charge in [0.1, 0.15) is 6.04 Å². The molecule has 1 fully saturated rings. The number of esters is 1. The van der Waals surface area contributed by atoms with Crippen molar-refractivity contribution in [3.8, 4) is 0 Å². The highest BCUT2D eigenvalue weighted by Crippen LogP contribution is 2.23. The zero-order valence-electron chi connectivity index (χ0n) is 8.36. The molecule has 1 N–H and O–H groups in total. The standard InChI is InChI=1S/C8H16BNO3/c1-6-4-7(8(11)13-3)10(5-6)9(2)12/h6-7,12H,4-5H2,1-3H3/t6-,7+/m1/s1. The Hall–Kier alpha value is -0.545. The molecule has 1 aliphatic heterocycles. The Morgan fingerprint density at radius 2 is 2.31 bits per heavy atom. The second kappa shape index (κ2) is 4.11. The molecule has 0 aliphatic carbocycles. The van der Waals surface area contributed by atoms with E-state index < -0.39 is 7.05 Å². The molecule has 1 saturated heterocycles. The van der Waals surface area contributed by atoms with Gasteiger partial charge < -0.3 is 14.6 Å². The van der Waals surface area contributed by atoms with Crippen molar-refractivity contribution in [1.82, 2.24) is 4.81 Å². The third-order valence-corrected chi connectivity index (χ3v) is 2.50. The molecule has 1 heterocycles. The summed E-state index contributed by atoms with van der Waals surface area (Å²) in [5.41, 5.74) is 0. The van der Waals surface area contributed by atoms with Crippen LogP contribution in [0.1, 0.15) is 13.3 Å². The van der Waals surface area contributed by atoms with Crippen molar-refractivity contribution in [2.24, 2.45) is 5.92 Å². The molecule has 0 radical (unpaired) electrons. The summed E-state index contributed by atoms with van der Waals surface area (Å²) in [6.07, 6.45) is 0.775. The van der Waals surface area contributed by atoms with Crippen molar-refractivity contribution < 1.29 is 14.6 Å². The van der Waals surface area contributed by atoms with Gasteiger partial charge in [-0.15, -0.1) is 0 Å². The third-order valence-electron chi connectivity index (χ3n) is 2.50. The molecule has 0 amide bonds. The SMILES string of the molecule is COC(=O)[C@@H]1C[C@@H](C)CN1B(C)O. The molecule has 5 heteroatoms. The number of ether oxygens (including phenoxy) is 1. The van der Waals surface area contributed by atoms with Gasteiger partial charge in [0.25, 0.3) is 0 Å². The lowest BCUT2D eigenvalue weighted by Crippen LogP contribution is -2.45. The Bertz CT molecular complexity index is 198. The summed E-state index contributed by atoms with van der Waals surface area (Å²) >= 11 is 0. The van der Waals surface area contributed by atoms with Crippen LogP contribution in [0.5, 0.6) is 0 Å². The van der Waals surface area contributed by atoms with E-state index in [4.69, 9.17) is 0 Å². The molecule has 0 aromatic heterocycles. The average Bonchev–Trinajstić information content (AvgIpc) is 2.46. The number of rotatable bonds is 2. The van der Waals surface area contributed by atoms with Gasteiger partial charge in [-0.3, -0.25) is 4.79 Å². The molecule has 0 bridgehead atoms. The minimum atomic E-state index is -0.575. The Morgan fingerprint density at radius 1 is 1.69 bits per heavy atom. The molecular formula is C8H16BNO3. The van der Waals surface area contributed by atoms with E-state index >= 15 is 0 Å². The number of hydrogen-bond donors (Lipinski definition) is 1. The van der Waals surface area contributed by atoms with Crippen LogP contribution in [0.4, 0.5) is 0 Å². The first-order chi connectivity index (χ1) is 6.06. The summed E-state index contributed by atoms with van der Waals surface area (Å²) in [7, 11) is 0.806. The minimum absolute atomic E-state index is 0.245. The Morgan fingerprint density at radius 3 is 2.77 bits per heavy atom. The van der Waals surface area contributed by atoms with Crippen LogP contribution in [0.25, 0.3) is 0 Å². The van der Waals surface area contributed by atoms with Gasteiger partial charge in [-0.1, -0.05) is 6.92 Å². The normalized spacial score (nSPS) is 28.9. The zero-order chi connectivity index (χ0) is 10.0. The lowest BCUT2D eigenvalue weighted by Gasteiger charge is -2.22. The van der Waals surface area contributed by atoms with Crippen LogP contribution in [0.15, 0.2) is 0 Å². The maximum atomic E-state index is 11.3. The third kappa shape index (κ3) is 2.22. The van der Waals surface area contributed by atoms with E-state index in [1.807, 2.05) is 0 Å². The molecule has 2 atom stereocenters. The molecule has 0 spiro atoms. The van der Waals surface area contributed by atoms with Crippen molar-refractivity contribution in [2.75, 3.05) is 13.7 Å². The maximum Gasteiger partial charge on any atom is 0.377 e. The Kier molecular flexibility index (Phi) is 3.33. The molecule has 0 unspecified atom stereocenters. The highest BCUT2D eigenvalue weighted by molar-refractivity contribution is 6.45. The quantitative estimate of drug-likeness (QED) is 0.485. The van der Waals surface area contributed by atoms with Gasteiger partial charge in [0.15, 0.2) is 0 Å². The molecular weight excluding hydrogens is 169 g/mol. The molecule has 0 saturated carbocycles. The summed E-state index contributed by atoms with van der Waals surface area (Å²) in [6, 6.07) is -0.264. The van der Waals surface area contributed by atoms with Gasteiger partial charge in [0.2, 0.25) is 0 Å². The Balaban J connectivity index is 2.66. The van der Waals surface area contributed by atoms with E-state index in [1.165, 1.54) is 7.11 Å². The van der Waals surface area contributed by atoms with E-state index in [0.29, 0.717) is 5.92 Å². The van der Waals surface area contributed by atoms with Crippen LogP contribution in [-0.4, -0.2) is 42.6 Å². The monoisotopic (exact) mass is 185 g/mol. The highest BCUT2D eigenvalue weighted by Gasteiger charge is 2.38. The van der Waals surface area contributed by atoms with Crippen molar-refractivity contribution in [3.63, 3.8) is 0 Å². The first kappa shape index (κ1) is 10.5. The van der Waals surface area contributed by atoms with Crippen molar-refractivity contribution in [3.05, 3.63) is 0 Å². The first-order valence-corrected chi connectivity index (χ1v) is 4.58. The molecule has 0 aromatic carbocycles. The van der Waals surface area contributed by atoms with E-state index in [1.54, 1.807) is 11.6 Å². The van der Waals surface area contributed by atoms with Crippen LogP contribution in [0.2, 0.25) is 6.82 Å². The van der Waals surface area contributed by atoms with Crippen LogP contribution >= 0.6 is 0 Å². The predicted molar refractivity (Wildman–Crippen MR) is 50.1 cm³/mol. The predicted octanol–water partition coefficient (Wildman–Crippen LogP) is -0.0199. The molecule has 13 heavy (non-hydrogen) atoms. The zero-order valence-corrected chi connectivity index (χ0v) is 8.36. The number of carbonyl (C=O) groups excluding carboxylic acids is 1. The molecule has 1 aliphatic rings. The maximum absolute atomic E-state index is 11.3. The van der Waals surface area contributed by atoms with Crippen LogP contribution in [-0.2, 0) is 9.53 Å². The summed E-state index contributed by atoms with van der Waals surface area (Å²) in [5, 5.41) is 9.40. The number of methoxy groups -OCH3 is 1. The molecule has 74 valence electrons. The molecule has 1 rings (SSSR count). The van der Waals surface area contributed by atoms with E-state index in [2.05, 4.69) is 11.7 Å². The summed E-state index contributed by atoms with van der Waals surface area (Å²) in [4.78, 5) is 13.1. The first-order valence-electron chi connectivity index (χ1n) is 4.58. The van der Waals surface area contributed by atoms with Crippen LogP contribution in [0, 0.1) is 5.92 Å². The average molecular weight is 185 g/mol. The summed E-state index contributed by atoms with van der Waals surface area (Å²) < 4.78 is 4.67. The second-order valence-corrected chi connectivity index (χ2v) is 3.71. The lowest BCUT2D eigenvalue weighted by atomic mass is 9.84. The van der Waals surface area contributed by atoms with E-state index in [-0.39, 0.29) is 12.0 Å². The largest absolute Gasteiger partial charge is 0.468 e. The van der Waals surface area contributed by atoms with Gasteiger partial charge >= 0.3 is 13.0 Å². The van der Waals surface area contributed by atoms with Crippen molar-refractivity contribution >= 4 is 13.0 Å². The van der Waals surface area contributed by atoms with Crippen molar-refractivity contribution in [1.29, 1.82) is 0 Å². The van der Waals surface area contributed by atoms with E-state index in [0.717, 1.165) is 13.0 Å². The topological polar surface area (TPSA) is 49.8 Å². The molecule has 4 nitrogen and oxygen atoms in total. The van der Waals surface area contributed by atoms with Crippen LogP contribution in [0.3, 0.4) is 0 Å². The highest BCUT2D eigenvalue weighted by atomic mass is 16.5. The fourth-order valence-electron chi connectivity index (χ4n) is 1.86. The smallest absolute Gasteiger partial charge is 0.377 e. The molecule has 0 aromatic rings. The van der Waals surface area contributed by atoms with E-state index in [9.17, 15) is 9.82 Å². The fraction of sp³-hybridized carbons (Fsp3) is 0.875.